The van der Waals surface area contributed by atoms with E-state index in [0.717, 1.165) is 6.42 Å². The van der Waals surface area contributed by atoms with Crippen LogP contribution in [-0.4, -0.2) is 28.5 Å². The average molecular weight is 450 g/mol. The van der Waals surface area contributed by atoms with E-state index in [-0.39, 0.29) is 17.1 Å². The van der Waals surface area contributed by atoms with E-state index in [1.54, 1.807) is 26.0 Å². The van der Waals surface area contributed by atoms with E-state index >= 15 is 0 Å². The number of aryl methyl sites for hydroxylation is 2. The number of benzene rings is 1. The lowest BCUT2D eigenvalue weighted by molar-refractivity contribution is 0.0828. The fraction of sp³-hybridized carbons (Fsp3) is 0.217. The second-order valence-corrected chi connectivity index (χ2v) is 7.52. The largest absolute Gasteiger partial charge is 0.507 e. The highest BCUT2D eigenvalue weighted by molar-refractivity contribution is 6.07. The first-order valence-electron chi connectivity index (χ1n) is 10.3. The molecule has 10 nitrogen and oxygen atoms in total. The maximum Gasteiger partial charge on any atom is 0.305 e. The summed E-state index contributed by atoms with van der Waals surface area (Å²) >= 11 is 0. The number of aromatic hydroxyl groups is 1. The summed E-state index contributed by atoms with van der Waals surface area (Å²) in [5, 5.41) is 14.1. The second kappa shape index (κ2) is 9.03. The van der Waals surface area contributed by atoms with Crippen LogP contribution in [0.3, 0.4) is 0 Å². The Hall–Kier alpha value is -4.34. The summed E-state index contributed by atoms with van der Waals surface area (Å²) in [4.78, 5) is 37.2. The van der Waals surface area contributed by atoms with Crippen LogP contribution in [0.4, 0.5) is 0 Å². The molecule has 3 aromatic rings. The lowest BCUT2D eigenvalue weighted by Gasteiger charge is -2.13. The van der Waals surface area contributed by atoms with Gasteiger partial charge < -0.3 is 13.9 Å². The van der Waals surface area contributed by atoms with Crippen molar-refractivity contribution in [2.45, 2.75) is 33.1 Å². The smallest absolute Gasteiger partial charge is 0.305 e. The van der Waals surface area contributed by atoms with E-state index in [9.17, 15) is 19.5 Å². The zero-order chi connectivity index (χ0) is 23.5. The molecule has 0 aliphatic heterocycles. The molecule has 1 aliphatic rings. The van der Waals surface area contributed by atoms with Gasteiger partial charge in [0.15, 0.2) is 5.76 Å². The third-order valence-corrected chi connectivity index (χ3v) is 5.37. The number of phenols is 1. The lowest BCUT2D eigenvalue weighted by Crippen LogP contribution is -2.41. The third kappa shape index (κ3) is 4.36. The zero-order valence-electron chi connectivity index (χ0n) is 18.0. The number of carbonyl (C=O) groups is 3. The van der Waals surface area contributed by atoms with Gasteiger partial charge in [0.2, 0.25) is 0 Å². The van der Waals surface area contributed by atoms with Crippen molar-refractivity contribution in [3.8, 4) is 5.75 Å². The molecule has 0 saturated carbocycles. The van der Waals surface area contributed by atoms with Crippen molar-refractivity contribution in [3.63, 3.8) is 0 Å². The number of para-hydroxylation sites is 1. The summed E-state index contributed by atoms with van der Waals surface area (Å²) in [7, 11) is 0. The number of hydrazine groups is 1. The van der Waals surface area contributed by atoms with Crippen molar-refractivity contribution in [1.29, 1.82) is 0 Å². The minimum atomic E-state index is -0.617. The number of fused-ring (bicyclic) bond motifs is 1. The molecule has 2 aromatic heterocycles. The predicted molar refractivity (Wildman–Crippen MR) is 117 cm³/mol. The number of amides is 3. The van der Waals surface area contributed by atoms with Crippen LogP contribution >= 0.6 is 0 Å². The monoisotopic (exact) mass is 450 g/mol. The van der Waals surface area contributed by atoms with Crippen LogP contribution in [0.1, 0.15) is 66.8 Å². The SMILES string of the molecule is Cc1occc1C(=O)NNC(=O)c1oc2c(c1C)/C(=N/NC(=O)c1ccccc1O)CCC2. The van der Waals surface area contributed by atoms with Crippen LogP contribution in [0, 0.1) is 13.8 Å². The molecular formula is C23H22N4O6. The van der Waals surface area contributed by atoms with E-state index in [0.29, 0.717) is 46.8 Å². The van der Waals surface area contributed by atoms with Gasteiger partial charge in [-0.25, -0.2) is 5.43 Å². The zero-order valence-corrected chi connectivity index (χ0v) is 18.0. The minimum Gasteiger partial charge on any atom is -0.507 e. The fourth-order valence-electron chi connectivity index (χ4n) is 3.70. The summed E-state index contributed by atoms with van der Waals surface area (Å²) in [6, 6.07) is 7.66. The Labute approximate surface area is 188 Å². The molecule has 4 N–H and O–H groups in total. The normalized spacial score (nSPS) is 13.9. The lowest BCUT2D eigenvalue weighted by atomic mass is 9.93. The Bertz CT molecular complexity index is 1270. The molecule has 0 radical (unpaired) electrons. The molecule has 1 aliphatic carbocycles. The van der Waals surface area contributed by atoms with Crippen LogP contribution in [0.5, 0.6) is 5.75 Å². The van der Waals surface area contributed by atoms with Gasteiger partial charge >= 0.3 is 5.91 Å². The summed E-state index contributed by atoms with van der Waals surface area (Å²) in [6.45, 7) is 3.35. The Kier molecular flexibility index (Phi) is 5.99. The van der Waals surface area contributed by atoms with Crippen molar-refractivity contribution >= 4 is 23.4 Å². The molecule has 0 saturated heterocycles. The van der Waals surface area contributed by atoms with Gasteiger partial charge in [-0.2, -0.15) is 5.10 Å². The summed E-state index contributed by atoms with van der Waals surface area (Å²) in [5.41, 5.74) is 9.32. The highest BCUT2D eigenvalue weighted by Crippen LogP contribution is 2.30. The van der Waals surface area contributed by atoms with Crippen LogP contribution in [0.15, 0.2) is 50.5 Å². The van der Waals surface area contributed by atoms with Gasteiger partial charge in [-0.05, 0) is 44.9 Å². The third-order valence-electron chi connectivity index (χ3n) is 5.37. The molecule has 1 aromatic carbocycles. The first-order valence-corrected chi connectivity index (χ1v) is 10.3. The molecule has 0 fully saturated rings. The van der Waals surface area contributed by atoms with Gasteiger partial charge in [0.05, 0.1) is 23.1 Å². The number of phenolic OH excluding ortho intramolecular Hbond substituents is 1. The molecular weight excluding hydrogens is 428 g/mol. The topological polar surface area (TPSA) is 146 Å². The first kappa shape index (κ1) is 21.9. The Balaban J connectivity index is 1.50. The molecule has 170 valence electrons. The summed E-state index contributed by atoms with van der Waals surface area (Å²) < 4.78 is 10.9. The second-order valence-electron chi connectivity index (χ2n) is 7.52. The number of furan rings is 2. The van der Waals surface area contributed by atoms with Crippen molar-refractivity contribution in [1.82, 2.24) is 16.3 Å². The number of carbonyl (C=O) groups excluding carboxylic acids is 3. The summed E-state index contributed by atoms with van der Waals surface area (Å²) in [6.07, 6.45) is 3.29. The highest BCUT2D eigenvalue weighted by Gasteiger charge is 2.28. The van der Waals surface area contributed by atoms with E-state index in [1.807, 2.05) is 0 Å². The van der Waals surface area contributed by atoms with Crippen molar-refractivity contribution in [3.05, 3.63) is 76.1 Å². The molecule has 10 heteroatoms. The number of rotatable bonds is 4. The summed E-state index contributed by atoms with van der Waals surface area (Å²) in [5.74, 6) is -0.776. The highest BCUT2D eigenvalue weighted by atomic mass is 16.4. The number of nitrogens with one attached hydrogen (secondary N) is 3. The average Bonchev–Trinajstić information content (AvgIpc) is 3.39. The van der Waals surface area contributed by atoms with Crippen molar-refractivity contribution in [2.75, 3.05) is 0 Å². The molecule has 2 heterocycles. The minimum absolute atomic E-state index is 0.0471. The molecule has 33 heavy (non-hydrogen) atoms. The Morgan fingerprint density at radius 2 is 1.73 bits per heavy atom. The molecule has 3 amide bonds. The number of nitrogens with zero attached hydrogens (tertiary/aromatic N) is 1. The van der Waals surface area contributed by atoms with Gasteiger partial charge in [-0.3, -0.25) is 25.2 Å². The van der Waals surface area contributed by atoms with Gasteiger partial charge in [0.1, 0.15) is 17.3 Å². The Morgan fingerprint density at radius 1 is 0.970 bits per heavy atom. The molecule has 0 atom stereocenters. The maximum absolute atomic E-state index is 12.7. The van der Waals surface area contributed by atoms with Crippen LogP contribution in [0.2, 0.25) is 0 Å². The van der Waals surface area contributed by atoms with Crippen LogP contribution in [-0.2, 0) is 6.42 Å². The standard InChI is InChI=1S/C23H22N4O6/c1-12-19-16(24-25-22(30)15-6-3-4-8-17(15)28)7-5-9-18(19)33-20(12)23(31)27-26-21(29)14-10-11-32-13(14)2/h3-4,6,8,10-11,28H,5,7,9H2,1-2H3,(H,25,30)(H,26,29)(H,27,31)/b24-16+. The number of hydrogen-bond donors (Lipinski definition) is 4. The molecule has 4 rings (SSSR count). The number of hydrazone groups is 1. The molecule has 0 bridgehead atoms. The first-order chi connectivity index (χ1) is 15.9. The van der Waals surface area contributed by atoms with E-state index in [1.165, 1.54) is 24.5 Å². The van der Waals surface area contributed by atoms with Gasteiger partial charge in [0, 0.05) is 17.5 Å². The van der Waals surface area contributed by atoms with Gasteiger partial charge in [0.25, 0.3) is 11.8 Å². The quantitative estimate of drug-likeness (QED) is 0.450. The van der Waals surface area contributed by atoms with E-state index in [2.05, 4.69) is 21.4 Å². The predicted octanol–water partition coefficient (Wildman–Crippen LogP) is 2.74. The maximum atomic E-state index is 12.7. The molecule has 0 spiro atoms. The van der Waals surface area contributed by atoms with E-state index in [4.69, 9.17) is 8.83 Å². The van der Waals surface area contributed by atoms with Gasteiger partial charge in [-0.1, -0.05) is 12.1 Å². The Morgan fingerprint density at radius 3 is 2.45 bits per heavy atom. The van der Waals surface area contributed by atoms with E-state index < -0.39 is 17.7 Å². The van der Waals surface area contributed by atoms with Crippen LogP contribution in [0.25, 0.3) is 0 Å². The van der Waals surface area contributed by atoms with Crippen molar-refractivity contribution < 1.29 is 28.3 Å². The molecule has 0 unspecified atom stereocenters. The number of hydrogen-bond acceptors (Lipinski definition) is 7. The van der Waals surface area contributed by atoms with Crippen molar-refractivity contribution in [2.24, 2.45) is 5.10 Å². The van der Waals surface area contributed by atoms with Gasteiger partial charge in [-0.15, -0.1) is 0 Å². The fourth-order valence-corrected chi connectivity index (χ4v) is 3.70. The van der Waals surface area contributed by atoms with Crippen LogP contribution < -0.4 is 16.3 Å².